The molecule has 3 rings (SSSR count). The summed E-state index contributed by atoms with van der Waals surface area (Å²) in [5, 5.41) is 4.54. The molecular formula is C19H13BrF3NO3. The molecule has 3 aromatic rings. The quantitative estimate of drug-likeness (QED) is 0.569. The van der Waals surface area contributed by atoms with Gasteiger partial charge in [0.2, 0.25) is 0 Å². The molecule has 4 nitrogen and oxygen atoms in total. The van der Waals surface area contributed by atoms with Crippen LogP contribution in [-0.2, 0) is 4.79 Å². The Kier molecular flexibility index (Phi) is 5.55. The van der Waals surface area contributed by atoms with Crippen LogP contribution in [0, 0.1) is 0 Å². The first-order valence-corrected chi connectivity index (χ1v) is 8.56. The number of amides is 1. The first-order chi connectivity index (χ1) is 12.8. The number of carbonyl (C=O) groups is 1. The molecule has 8 heteroatoms. The molecule has 0 saturated carbocycles. The van der Waals surface area contributed by atoms with Crippen LogP contribution in [0.4, 0.5) is 18.9 Å². The average Bonchev–Trinajstić information content (AvgIpc) is 2.60. The van der Waals surface area contributed by atoms with Crippen LogP contribution in [0.25, 0.3) is 10.8 Å². The van der Waals surface area contributed by atoms with Crippen molar-refractivity contribution in [2.24, 2.45) is 0 Å². The van der Waals surface area contributed by atoms with Crippen molar-refractivity contribution in [3.63, 3.8) is 0 Å². The van der Waals surface area contributed by atoms with E-state index >= 15 is 0 Å². The zero-order valence-electron chi connectivity index (χ0n) is 13.7. The molecule has 0 aliphatic heterocycles. The Labute approximate surface area is 161 Å². The molecule has 1 N–H and O–H groups in total. The van der Waals surface area contributed by atoms with Crippen LogP contribution in [0.3, 0.4) is 0 Å². The van der Waals surface area contributed by atoms with E-state index in [0.29, 0.717) is 11.4 Å². The third-order valence-electron chi connectivity index (χ3n) is 3.52. The van der Waals surface area contributed by atoms with E-state index in [-0.39, 0.29) is 12.4 Å². The monoisotopic (exact) mass is 439 g/mol. The van der Waals surface area contributed by atoms with Gasteiger partial charge in [0.05, 0.1) is 0 Å². The normalized spacial score (nSPS) is 11.3. The van der Waals surface area contributed by atoms with E-state index < -0.39 is 12.3 Å². The van der Waals surface area contributed by atoms with E-state index in [2.05, 4.69) is 26.0 Å². The van der Waals surface area contributed by atoms with Gasteiger partial charge in [-0.1, -0.05) is 28.1 Å². The maximum atomic E-state index is 12.1. The van der Waals surface area contributed by atoms with Gasteiger partial charge in [-0.25, -0.2) is 0 Å². The van der Waals surface area contributed by atoms with Gasteiger partial charge in [-0.15, -0.1) is 13.2 Å². The van der Waals surface area contributed by atoms with E-state index in [1.165, 1.54) is 12.1 Å². The highest BCUT2D eigenvalue weighted by Crippen LogP contribution is 2.25. The van der Waals surface area contributed by atoms with Crippen LogP contribution in [0.15, 0.2) is 65.1 Å². The molecule has 0 heterocycles. The maximum absolute atomic E-state index is 12.1. The number of halogens is 4. The Morgan fingerprint density at radius 2 is 1.56 bits per heavy atom. The minimum atomic E-state index is -4.76. The molecule has 0 aliphatic carbocycles. The highest BCUT2D eigenvalue weighted by Gasteiger charge is 2.30. The van der Waals surface area contributed by atoms with E-state index in [0.717, 1.165) is 27.4 Å². The smallest absolute Gasteiger partial charge is 0.484 e. The first-order valence-electron chi connectivity index (χ1n) is 7.76. The summed E-state index contributed by atoms with van der Waals surface area (Å²) in [5.74, 6) is -0.260. The molecule has 0 fully saturated rings. The van der Waals surface area contributed by atoms with Crippen molar-refractivity contribution < 1.29 is 27.4 Å². The maximum Gasteiger partial charge on any atom is 0.573 e. The lowest BCUT2D eigenvalue weighted by molar-refractivity contribution is -0.274. The second kappa shape index (κ2) is 7.87. The second-order valence-electron chi connectivity index (χ2n) is 5.56. The molecule has 0 aromatic heterocycles. The molecule has 0 unspecified atom stereocenters. The van der Waals surface area contributed by atoms with Gasteiger partial charge in [-0.2, -0.15) is 0 Å². The van der Waals surface area contributed by atoms with Crippen LogP contribution in [-0.4, -0.2) is 18.9 Å². The molecule has 0 bridgehead atoms. The van der Waals surface area contributed by atoms with E-state index in [4.69, 9.17) is 4.74 Å². The number of carbonyl (C=O) groups excluding carboxylic acids is 1. The fourth-order valence-electron chi connectivity index (χ4n) is 2.37. The Hall–Kier alpha value is -2.74. The van der Waals surface area contributed by atoms with Gasteiger partial charge in [-0.05, 0) is 59.3 Å². The lowest BCUT2D eigenvalue weighted by Crippen LogP contribution is -2.20. The molecule has 0 atom stereocenters. The Morgan fingerprint density at radius 1 is 0.926 bits per heavy atom. The summed E-state index contributed by atoms with van der Waals surface area (Å²) in [7, 11) is 0. The third kappa shape index (κ3) is 5.62. The molecule has 3 aromatic carbocycles. The van der Waals surface area contributed by atoms with E-state index in [1.54, 1.807) is 6.07 Å². The van der Waals surface area contributed by atoms with Crippen molar-refractivity contribution in [1.82, 2.24) is 0 Å². The topological polar surface area (TPSA) is 47.6 Å². The number of anilines is 1. The predicted molar refractivity (Wildman–Crippen MR) is 98.9 cm³/mol. The highest BCUT2D eigenvalue weighted by molar-refractivity contribution is 9.10. The summed E-state index contributed by atoms with van der Waals surface area (Å²) >= 11 is 3.40. The van der Waals surface area contributed by atoms with Crippen molar-refractivity contribution in [3.05, 3.63) is 65.1 Å². The fraction of sp³-hybridized carbons (Fsp3) is 0.105. The Bertz CT molecular complexity index is 959. The van der Waals surface area contributed by atoms with Crippen molar-refractivity contribution >= 4 is 38.3 Å². The SMILES string of the molecule is O=C(COc1ccc2cc(Br)ccc2c1)Nc1ccc(OC(F)(F)F)cc1. The molecule has 140 valence electrons. The summed E-state index contributed by atoms with van der Waals surface area (Å²) in [6, 6.07) is 16.1. The zero-order chi connectivity index (χ0) is 19.4. The van der Waals surface area contributed by atoms with Crippen molar-refractivity contribution in [2.75, 3.05) is 11.9 Å². The molecule has 0 aliphatic rings. The van der Waals surface area contributed by atoms with Gasteiger partial charge in [0, 0.05) is 10.2 Å². The molecule has 27 heavy (non-hydrogen) atoms. The van der Waals surface area contributed by atoms with Gasteiger partial charge in [0.15, 0.2) is 6.61 Å². The molecular weight excluding hydrogens is 427 g/mol. The van der Waals surface area contributed by atoms with Gasteiger partial charge in [0.25, 0.3) is 5.91 Å². The number of benzene rings is 3. The van der Waals surface area contributed by atoms with E-state index in [9.17, 15) is 18.0 Å². The van der Waals surface area contributed by atoms with Crippen LogP contribution < -0.4 is 14.8 Å². The average molecular weight is 440 g/mol. The van der Waals surface area contributed by atoms with Crippen molar-refractivity contribution in [1.29, 1.82) is 0 Å². The largest absolute Gasteiger partial charge is 0.573 e. The predicted octanol–water partition coefficient (Wildman–Crippen LogP) is 5.52. The molecule has 0 radical (unpaired) electrons. The molecule has 0 spiro atoms. The summed E-state index contributed by atoms with van der Waals surface area (Å²) in [6.07, 6.45) is -4.76. The number of hydrogen-bond acceptors (Lipinski definition) is 3. The summed E-state index contributed by atoms with van der Waals surface area (Å²) < 4.78 is 46.6. The summed E-state index contributed by atoms with van der Waals surface area (Å²) in [4.78, 5) is 12.0. The number of nitrogens with one attached hydrogen (secondary N) is 1. The number of rotatable bonds is 5. The van der Waals surface area contributed by atoms with Crippen LogP contribution in [0.5, 0.6) is 11.5 Å². The zero-order valence-corrected chi connectivity index (χ0v) is 15.3. The Balaban J connectivity index is 1.56. The number of ether oxygens (including phenoxy) is 2. The summed E-state index contributed by atoms with van der Waals surface area (Å²) in [5.41, 5.74) is 0.335. The minimum Gasteiger partial charge on any atom is -0.484 e. The standard InChI is InChI=1S/C19H13BrF3NO3/c20-14-3-1-13-10-17(6-2-12(13)9-14)26-11-18(25)24-15-4-7-16(8-5-15)27-19(21,22)23/h1-10H,11H2,(H,24,25). The number of alkyl halides is 3. The van der Waals surface area contributed by atoms with Gasteiger partial charge in [-0.3, -0.25) is 4.79 Å². The fourth-order valence-corrected chi connectivity index (χ4v) is 2.75. The lowest BCUT2D eigenvalue weighted by atomic mass is 10.1. The Morgan fingerprint density at radius 3 is 2.26 bits per heavy atom. The first kappa shape index (κ1) is 19.0. The van der Waals surface area contributed by atoms with Crippen LogP contribution in [0.1, 0.15) is 0 Å². The van der Waals surface area contributed by atoms with Crippen LogP contribution in [0.2, 0.25) is 0 Å². The minimum absolute atomic E-state index is 0.233. The number of fused-ring (bicyclic) bond motifs is 1. The third-order valence-corrected chi connectivity index (χ3v) is 4.01. The summed E-state index contributed by atoms with van der Waals surface area (Å²) in [6.45, 7) is -0.233. The molecule has 0 saturated heterocycles. The second-order valence-corrected chi connectivity index (χ2v) is 6.48. The number of hydrogen-bond donors (Lipinski definition) is 1. The lowest BCUT2D eigenvalue weighted by Gasteiger charge is -2.10. The molecule has 1 amide bonds. The highest BCUT2D eigenvalue weighted by atomic mass is 79.9. The van der Waals surface area contributed by atoms with E-state index in [1.807, 2.05) is 30.3 Å². The van der Waals surface area contributed by atoms with Gasteiger partial charge >= 0.3 is 6.36 Å². The van der Waals surface area contributed by atoms with Crippen molar-refractivity contribution in [2.45, 2.75) is 6.36 Å². The van der Waals surface area contributed by atoms with Gasteiger partial charge in [0.1, 0.15) is 11.5 Å². The van der Waals surface area contributed by atoms with Crippen LogP contribution >= 0.6 is 15.9 Å². The van der Waals surface area contributed by atoms with Crippen molar-refractivity contribution in [3.8, 4) is 11.5 Å². The van der Waals surface area contributed by atoms with Gasteiger partial charge < -0.3 is 14.8 Å².